The van der Waals surface area contributed by atoms with Crippen LogP contribution >= 0.6 is 0 Å². The zero-order valence-corrected chi connectivity index (χ0v) is 13.6. The van der Waals surface area contributed by atoms with Gasteiger partial charge in [0.05, 0.1) is 0 Å². The number of rotatable bonds is 10. The van der Waals surface area contributed by atoms with E-state index in [4.69, 9.17) is 0 Å². The van der Waals surface area contributed by atoms with E-state index in [1.807, 2.05) is 0 Å². The van der Waals surface area contributed by atoms with Crippen molar-refractivity contribution in [3.8, 4) is 0 Å². The lowest BCUT2D eigenvalue weighted by atomic mass is 10.1. The lowest BCUT2D eigenvalue weighted by molar-refractivity contribution is 0.210. The molecule has 2 unspecified atom stereocenters. The van der Waals surface area contributed by atoms with Crippen molar-refractivity contribution in [3.05, 3.63) is 0 Å². The minimum Gasteiger partial charge on any atom is -0.315 e. The lowest BCUT2D eigenvalue weighted by Crippen LogP contribution is -2.37. The minimum absolute atomic E-state index is 0.687. The first-order valence-electron chi connectivity index (χ1n) is 8.40. The second-order valence-electron chi connectivity index (χ2n) is 5.92. The second kappa shape index (κ2) is 9.73. The smallest absolute Gasteiger partial charge is 0.0235 e. The maximum absolute atomic E-state index is 3.49. The predicted molar refractivity (Wildman–Crippen MR) is 84.8 cm³/mol. The van der Waals surface area contributed by atoms with Crippen molar-refractivity contribution >= 4 is 0 Å². The van der Waals surface area contributed by atoms with Gasteiger partial charge >= 0.3 is 0 Å². The normalized spacial score (nSPS) is 22.3. The lowest BCUT2D eigenvalue weighted by Gasteiger charge is -2.26. The Kier molecular flexibility index (Phi) is 8.67. The minimum atomic E-state index is 0.687. The Balaban J connectivity index is 2.09. The summed E-state index contributed by atoms with van der Waals surface area (Å²) in [4.78, 5) is 5.29. The number of nitrogens with zero attached hydrogens (tertiary/aromatic N) is 2. The van der Waals surface area contributed by atoms with Gasteiger partial charge in [-0.3, -0.25) is 4.90 Å². The van der Waals surface area contributed by atoms with Gasteiger partial charge in [0, 0.05) is 18.6 Å². The van der Waals surface area contributed by atoms with Gasteiger partial charge in [-0.15, -0.1) is 0 Å². The van der Waals surface area contributed by atoms with Crippen molar-refractivity contribution in [2.24, 2.45) is 0 Å². The van der Waals surface area contributed by atoms with E-state index < -0.39 is 0 Å². The number of nitrogens with one attached hydrogen (secondary N) is 1. The fraction of sp³-hybridized carbons (Fsp3) is 1.00. The summed E-state index contributed by atoms with van der Waals surface area (Å²) in [6.45, 7) is 16.5. The van der Waals surface area contributed by atoms with Gasteiger partial charge in [-0.1, -0.05) is 27.2 Å². The molecule has 1 N–H and O–H groups in total. The van der Waals surface area contributed by atoms with Crippen molar-refractivity contribution in [3.63, 3.8) is 0 Å². The summed E-state index contributed by atoms with van der Waals surface area (Å²) >= 11 is 0. The van der Waals surface area contributed by atoms with Gasteiger partial charge in [0.1, 0.15) is 0 Å². The van der Waals surface area contributed by atoms with Crippen LogP contribution in [-0.2, 0) is 0 Å². The van der Waals surface area contributed by atoms with Gasteiger partial charge in [-0.2, -0.15) is 0 Å². The third-order valence-corrected chi connectivity index (χ3v) is 4.49. The molecule has 0 aromatic rings. The summed E-state index contributed by atoms with van der Waals surface area (Å²) in [6.07, 6.45) is 5.41. The molecule has 3 nitrogen and oxygen atoms in total. The molecule has 1 aliphatic rings. The first-order valence-corrected chi connectivity index (χ1v) is 8.40. The average Bonchev–Trinajstić information content (AvgIpc) is 2.85. The van der Waals surface area contributed by atoms with Crippen molar-refractivity contribution in [1.29, 1.82) is 0 Å². The van der Waals surface area contributed by atoms with Gasteiger partial charge in [0.15, 0.2) is 0 Å². The average molecular weight is 269 g/mol. The maximum atomic E-state index is 3.49. The van der Waals surface area contributed by atoms with Crippen LogP contribution in [0.15, 0.2) is 0 Å². The molecule has 1 saturated heterocycles. The number of unbranched alkanes of at least 4 members (excludes halogenated alkanes) is 1. The first-order chi connectivity index (χ1) is 9.21. The summed E-state index contributed by atoms with van der Waals surface area (Å²) in [5, 5.41) is 3.49. The number of likely N-dealkylation sites (N-methyl/N-ethyl adjacent to an activating group) is 1. The fourth-order valence-corrected chi connectivity index (χ4v) is 3.29. The molecule has 0 aromatic heterocycles. The summed E-state index contributed by atoms with van der Waals surface area (Å²) in [5.41, 5.74) is 0. The van der Waals surface area contributed by atoms with E-state index in [2.05, 4.69) is 42.8 Å². The van der Waals surface area contributed by atoms with Gasteiger partial charge < -0.3 is 10.2 Å². The standard InChI is InChI=1S/C16H35N3/c1-5-17-15(4)10-8-9-12-18-13-11-16(14-18)19(6-2)7-3/h15-17H,5-14H2,1-4H3. The monoisotopic (exact) mass is 269 g/mol. The van der Waals surface area contributed by atoms with E-state index in [0.29, 0.717) is 6.04 Å². The van der Waals surface area contributed by atoms with E-state index in [0.717, 1.165) is 12.6 Å². The molecule has 19 heavy (non-hydrogen) atoms. The van der Waals surface area contributed by atoms with E-state index in [1.54, 1.807) is 0 Å². The highest BCUT2D eigenvalue weighted by Gasteiger charge is 2.25. The highest BCUT2D eigenvalue weighted by atomic mass is 15.2. The molecule has 3 heteroatoms. The SMILES string of the molecule is CCNC(C)CCCCN1CCC(N(CC)CC)C1. The third-order valence-electron chi connectivity index (χ3n) is 4.49. The van der Waals surface area contributed by atoms with E-state index in [-0.39, 0.29) is 0 Å². The molecule has 0 spiro atoms. The zero-order chi connectivity index (χ0) is 14.1. The molecule has 1 rings (SSSR count). The third kappa shape index (κ3) is 6.24. The number of hydrogen-bond donors (Lipinski definition) is 1. The Bertz CT molecular complexity index is 216. The summed E-state index contributed by atoms with van der Waals surface area (Å²) in [6, 6.07) is 1.50. The molecule has 0 aliphatic carbocycles. The Morgan fingerprint density at radius 3 is 2.58 bits per heavy atom. The van der Waals surface area contributed by atoms with Crippen molar-refractivity contribution < 1.29 is 0 Å². The van der Waals surface area contributed by atoms with Crippen LogP contribution in [0.3, 0.4) is 0 Å². The van der Waals surface area contributed by atoms with Gasteiger partial charge in [0.25, 0.3) is 0 Å². The van der Waals surface area contributed by atoms with Crippen LogP contribution in [-0.4, -0.2) is 61.2 Å². The van der Waals surface area contributed by atoms with Crippen molar-refractivity contribution in [1.82, 2.24) is 15.1 Å². The van der Waals surface area contributed by atoms with Crippen molar-refractivity contribution in [2.45, 2.75) is 65.5 Å². The predicted octanol–water partition coefficient (Wildman–Crippen LogP) is 2.57. The highest BCUT2D eigenvalue weighted by molar-refractivity contribution is 4.82. The second-order valence-corrected chi connectivity index (χ2v) is 5.92. The van der Waals surface area contributed by atoms with Crippen LogP contribution in [0.2, 0.25) is 0 Å². The first kappa shape index (κ1) is 16.9. The molecule has 114 valence electrons. The van der Waals surface area contributed by atoms with Crippen molar-refractivity contribution in [2.75, 3.05) is 39.3 Å². The molecule has 0 amide bonds. The molecule has 0 bridgehead atoms. The summed E-state index contributed by atoms with van der Waals surface area (Å²) in [5.74, 6) is 0. The van der Waals surface area contributed by atoms with Crippen LogP contribution in [0.4, 0.5) is 0 Å². The molecule has 1 aliphatic heterocycles. The maximum Gasteiger partial charge on any atom is 0.0235 e. The van der Waals surface area contributed by atoms with E-state index in [9.17, 15) is 0 Å². The van der Waals surface area contributed by atoms with Gasteiger partial charge in [-0.25, -0.2) is 0 Å². The molecular weight excluding hydrogens is 234 g/mol. The summed E-state index contributed by atoms with van der Waals surface area (Å²) in [7, 11) is 0. The highest BCUT2D eigenvalue weighted by Crippen LogP contribution is 2.16. The fourth-order valence-electron chi connectivity index (χ4n) is 3.29. The largest absolute Gasteiger partial charge is 0.315 e. The Morgan fingerprint density at radius 1 is 1.21 bits per heavy atom. The molecule has 1 heterocycles. The number of likely N-dealkylation sites (tertiary alicyclic amines) is 1. The van der Waals surface area contributed by atoms with E-state index in [1.165, 1.54) is 58.4 Å². The van der Waals surface area contributed by atoms with Crippen LogP contribution in [0, 0.1) is 0 Å². The molecule has 2 atom stereocenters. The topological polar surface area (TPSA) is 18.5 Å². The van der Waals surface area contributed by atoms with Gasteiger partial charge in [0.2, 0.25) is 0 Å². The van der Waals surface area contributed by atoms with Crippen LogP contribution in [0.25, 0.3) is 0 Å². The van der Waals surface area contributed by atoms with Gasteiger partial charge in [-0.05, 0) is 58.9 Å². The zero-order valence-electron chi connectivity index (χ0n) is 13.6. The Labute approximate surface area is 120 Å². The van der Waals surface area contributed by atoms with Crippen LogP contribution in [0.1, 0.15) is 53.4 Å². The quantitative estimate of drug-likeness (QED) is 0.615. The van der Waals surface area contributed by atoms with Crippen LogP contribution < -0.4 is 5.32 Å². The molecule has 0 aromatic carbocycles. The number of hydrogen-bond acceptors (Lipinski definition) is 3. The molecule has 1 fully saturated rings. The summed E-state index contributed by atoms with van der Waals surface area (Å²) < 4.78 is 0. The Morgan fingerprint density at radius 2 is 1.95 bits per heavy atom. The molecular formula is C16H35N3. The molecule has 0 radical (unpaired) electrons. The van der Waals surface area contributed by atoms with E-state index >= 15 is 0 Å². The van der Waals surface area contributed by atoms with Crippen LogP contribution in [0.5, 0.6) is 0 Å². The Hall–Kier alpha value is -0.120. The molecule has 0 saturated carbocycles.